The van der Waals surface area contributed by atoms with Crippen LogP contribution in [0.4, 0.5) is 17.1 Å². The highest BCUT2D eigenvalue weighted by Crippen LogP contribution is 2.63. The average molecular weight is 803 g/mol. The van der Waals surface area contributed by atoms with E-state index in [0.29, 0.717) is 0 Å². The lowest BCUT2D eigenvalue weighted by Gasteiger charge is -2.32. The van der Waals surface area contributed by atoms with E-state index in [9.17, 15) is 0 Å². The third-order valence-corrected chi connectivity index (χ3v) is 13.8. The van der Waals surface area contributed by atoms with Crippen LogP contribution in [0.2, 0.25) is 0 Å². The number of benzene rings is 9. The summed E-state index contributed by atoms with van der Waals surface area (Å²) in [5.41, 5.74) is 22.1. The molecule has 0 fully saturated rings. The molecule has 0 N–H and O–H groups in total. The summed E-state index contributed by atoms with van der Waals surface area (Å²) >= 11 is 0. The van der Waals surface area contributed by atoms with E-state index < -0.39 is 5.41 Å². The van der Waals surface area contributed by atoms with Gasteiger partial charge in [0.2, 0.25) is 0 Å². The van der Waals surface area contributed by atoms with E-state index in [-0.39, 0.29) is 0 Å². The van der Waals surface area contributed by atoms with Gasteiger partial charge >= 0.3 is 0 Å². The predicted octanol–water partition coefficient (Wildman–Crippen LogP) is 16.0. The Morgan fingerprint density at radius 3 is 1.57 bits per heavy atom. The highest BCUT2D eigenvalue weighted by Gasteiger charge is 2.51. The molecule has 0 saturated carbocycles. The molecule has 10 aromatic rings. The first kappa shape index (κ1) is 35.8. The van der Waals surface area contributed by atoms with Gasteiger partial charge in [0.05, 0.1) is 16.4 Å². The van der Waals surface area contributed by atoms with E-state index in [1.54, 1.807) is 0 Å². The minimum absolute atomic E-state index is 0.420. The molecule has 3 aliphatic carbocycles. The molecule has 0 amide bonds. The topological polar surface area (TPSA) is 8.17 Å². The molecular weight excluding hydrogens is 761 g/mol. The third kappa shape index (κ3) is 5.31. The molecule has 0 radical (unpaired) electrons. The van der Waals surface area contributed by atoms with Crippen LogP contribution in [0.25, 0.3) is 66.4 Å². The standard InChI is InChI=1S/C61H42N2/c1-3-15-41(16-4-1)42-27-32-46(33-28-42)62(47-34-29-43(30-35-47)44-31-38-60-54(39-44)53-22-10-14-26-59(53)63(60)45-17-5-2-6-18-45)48-36-37-52-51-21-9-13-25-57(51)61(58(52)40-48)55-23-11-7-19-49(55)50-20-8-12-24-56(50)61/h2-3,5-40H,1,4H2. The zero-order valence-corrected chi connectivity index (χ0v) is 34.7. The van der Waals surface area contributed by atoms with Gasteiger partial charge in [0.25, 0.3) is 0 Å². The van der Waals surface area contributed by atoms with Crippen LogP contribution < -0.4 is 4.90 Å². The largest absolute Gasteiger partial charge is 0.310 e. The summed E-state index contributed by atoms with van der Waals surface area (Å²) in [6.45, 7) is 0. The zero-order valence-electron chi connectivity index (χ0n) is 34.7. The van der Waals surface area contributed by atoms with Crippen molar-refractivity contribution in [3.05, 3.63) is 258 Å². The number of para-hydroxylation sites is 2. The highest BCUT2D eigenvalue weighted by molar-refractivity contribution is 6.10. The third-order valence-electron chi connectivity index (χ3n) is 13.8. The Morgan fingerprint density at radius 1 is 0.381 bits per heavy atom. The fraction of sp³-hybridized carbons (Fsp3) is 0.0492. The number of allylic oxidation sites excluding steroid dienone is 4. The van der Waals surface area contributed by atoms with Crippen molar-refractivity contribution in [2.45, 2.75) is 18.3 Å². The molecular formula is C61H42N2. The smallest absolute Gasteiger partial charge is 0.0726 e. The Hall–Kier alpha value is -7.94. The molecule has 296 valence electrons. The lowest BCUT2D eigenvalue weighted by atomic mass is 9.70. The quantitative estimate of drug-likeness (QED) is 0.163. The number of aromatic nitrogens is 1. The number of nitrogens with zero attached hydrogens (tertiary/aromatic N) is 2. The van der Waals surface area contributed by atoms with Gasteiger partial charge in [0.15, 0.2) is 0 Å². The Morgan fingerprint density at radius 2 is 0.921 bits per heavy atom. The van der Waals surface area contributed by atoms with Crippen molar-refractivity contribution < 1.29 is 0 Å². The fourth-order valence-corrected chi connectivity index (χ4v) is 11.1. The molecule has 13 rings (SSSR count). The van der Waals surface area contributed by atoms with Gasteiger partial charge in [-0.2, -0.15) is 0 Å². The lowest BCUT2D eigenvalue weighted by molar-refractivity contribution is 0.793. The first-order valence-corrected chi connectivity index (χ1v) is 22.2. The number of hydrogen-bond donors (Lipinski definition) is 0. The number of hydrogen-bond acceptors (Lipinski definition) is 1. The van der Waals surface area contributed by atoms with Gasteiger partial charge in [0, 0.05) is 33.5 Å². The van der Waals surface area contributed by atoms with E-state index in [1.807, 2.05) is 0 Å². The maximum Gasteiger partial charge on any atom is 0.0726 e. The summed E-state index contributed by atoms with van der Waals surface area (Å²) in [6.07, 6.45) is 9.10. The highest BCUT2D eigenvalue weighted by atomic mass is 15.1. The number of rotatable bonds is 6. The summed E-state index contributed by atoms with van der Waals surface area (Å²) < 4.78 is 2.38. The summed E-state index contributed by atoms with van der Waals surface area (Å²) in [4.78, 5) is 2.44. The van der Waals surface area contributed by atoms with E-state index in [2.05, 4.69) is 240 Å². The Bertz CT molecular complexity index is 3430. The van der Waals surface area contributed by atoms with Crippen LogP contribution in [0.3, 0.4) is 0 Å². The van der Waals surface area contributed by atoms with Crippen molar-refractivity contribution in [2.75, 3.05) is 4.90 Å². The first-order chi connectivity index (χ1) is 31.3. The fourth-order valence-electron chi connectivity index (χ4n) is 11.1. The maximum absolute atomic E-state index is 2.48. The van der Waals surface area contributed by atoms with Gasteiger partial charge in [0.1, 0.15) is 0 Å². The van der Waals surface area contributed by atoms with Gasteiger partial charge < -0.3 is 9.47 Å². The Labute approximate surface area is 368 Å². The van der Waals surface area contributed by atoms with Crippen molar-refractivity contribution in [2.24, 2.45) is 0 Å². The molecule has 2 nitrogen and oxygen atoms in total. The summed E-state index contributed by atoms with van der Waals surface area (Å²) in [5, 5.41) is 2.51. The van der Waals surface area contributed by atoms with Crippen molar-refractivity contribution in [3.8, 4) is 39.1 Å². The van der Waals surface area contributed by atoms with E-state index in [0.717, 1.165) is 29.9 Å². The van der Waals surface area contributed by atoms with Gasteiger partial charge in [-0.25, -0.2) is 0 Å². The van der Waals surface area contributed by atoms with Gasteiger partial charge in [-0.1, -0.05) is 164 Å². The number of fused-ring (bicyclic) bond motifs is 13. The second-order valence-corrected chi connectivity index (χ2v) is 17.1. The molecule has 0 saturated heterocycles. The molecule has 0 bridgehead atoms. The minimum atomic E-state index is -0.420. The van der Waals surface area contributed by atoms with Crippen molar-refractivity contribution in [1.82, 2.24) is 4.57 Å². The second-order valence-electron chi connectivity index (χ2n) is 17.1. The molecule has 2 heteroatoms. The zero-order chi connectivity index (χ0) is 41.5. The molecule has 1 heterocycles. The molecule has 9 aromatic carbocycles. The summed E-state index contributed by atoms with van der Waals surface area (Å²) in [7, 11) is 0. The molecule has 1 aromatic heterocycles. The average Bonchev–Trinajstić information content (AvgIpc) is 3.96. The molecule has 3 aliphatic rings. The van der Waals surface area contributed by atoms with Gasteiger partial charge in [-0.3, -0.25) is 0 Å². The van der Waals surface area contributed by atoms with Crippen LogP contribution in [-0.4, -0.2) is 4.57 Å². The van der Waals surface area contributed by atoms with Gasteiger partial charge in [-0.15, -0.1) is 0 Å². The summed E-state index contributed by atoms with van der Waals surface area (Å²) in [6, 6.07) is 79.0. The Balaban J connectivity index is 0.965. The molecule has 0 aliphatic heterocycles. The van der Waals surface area contributed by atoms with E-state index >= 15 is 0 Å². The van der Waals surface area contributed by atoms with Crippen molar-refractivity contribution in [3.63, 3.8) is 0 Å². The van der Waals surface area contributed by atoms with Crippen molar-refractivity contribution in [1.29, 1.82) is 0 Å². The normalized spacial score (nSPS) is 14.1. The molecule has 63 heavy (non-hydrogen) atoms. The van der Waals surface area contributed by atoms with E-state index in [1.165, 1.54) is 94.3 Å². The predicted molar refractivity (Wildman–Crippen MR) is 264 cm³/mol. The summed E-state index contributed by atoms with van der Waals surface area (Å²) in [5.74, 6) is 0. The SMILES string of the molecule is C1=CC(c2ccc(N(c3ccc(-c4ccc5c(c4)c4ccccc4n5-c4ccccc4)cc3)c3ccc4c(c3)C3(c5ccccc5-c5ccccc53)c3ccccc3-4)cc2)=CCC1. The van der Waals surface area contributed by atoms with E-state index in [4.69, 9.17) is 0 Å². The first-order valence-electron chi connectivity index (χ1n) is 22.2. The minimum Gasteiger partial charge on any atom is -0.310 e. The second kappa shape index (κ2) is 14.1. The van der Waals surface area contributed by atoms with Crippen molar-refractivity contribution >= 4 is 44.4 Å². The molecule has 1 spiro atoms. The van der Waals surface area contributed by atoms with Crippen LogP contribution in [0.1, 0.15) is 40.7 Å². The van der Waals surface area contributed by atoms with Crippen LogP contribution in [0.15, 0.2) is 231 Å². The van der Waals surface area contributed by atoms with Crippen LogP contribution in [-0.2, 0) is 5.41 Å². The molecule has 0 atom stereocenters. The van der Waals surface area contributed by atoms with Crippen LogP contribution in [0.5, 0.6) is 0 Å². The number of anilines is 3. The monoisotopic (exact) mass is 802 g/mol. The lowest BCUT2D eigenvalue weighted by Crippen LogP contribution is -2.26. The molecule has 0 unspecified atom stereocenters. The van der Waals surface area contributed by atoms with Gasteiger partial charge in [-0.05, 0) is 146 Å². The Kier molecular flexibility index (Phi) is 7.98. The van der Waals surface area contributed by atoms with Crippen LogP contribution in [0, 0.1) is 0 Å². The van der Waals surface area contributed by atoms with Crippen LogP contribution >= 0.6 is 0 Å². The maximum atomic E-state index is 2.48.